The van der Waals surface area contributed by atoms with Crippen molar-refractivity contribution < 1.29 is 19.1 Å². The molecule has 0 unspecified atom stereocenters. The van der Waals surface area contributed by atoms with Gasteiger partial charge in [-0.25, -0.2) is 4.98 Å². The van der Waals surface area contributed by atoms with E-state index in [4.69, 9.17) is 9.15 Å². The maximum atomic E-state index is 11.6. The number of nitrogens with zero attached hydrogens (tertiary/aromatic N) is 1. The van der Waals surface area contributed by atoms with Crippen molar-refractivity contribution in [1.29, 1.82) is 0 Å². The van der Waals surface area contributed by atoms with E-state index < -0.39 is 10.7 Å². The minimum atomic E-state index is -0.631. The Kier molecular flexibility index (Phi) is 6.54. The first-order valence-electron chi connectivity index (χ1n) is 11.0. The van der Waals surface area contributed by atoms with Crippen LogP contribution < -0.4 is 0 Å². The van der Waals surface area contributed by atoms with Gasteiger partial charge in [-0.05, 0) is 76.2 Å². The van der Waals surface area contributed by atoms with Crippen LogP contribution in [-0.2, 0) is 16.1 Å². The number of aliphatic carboxylic acids is 1. The standard InChI is InChI=1S/C24H31NO4S/c1-16-7-9-19(10-8-16)22-25-21(17(2)29-22)14-28-20-6-3-5-18(13-20)15-30-24(23(26)27)11-4-12-24/h7-10,18,20H,3-6,11-15H2,1-2H3,(H,26,27)/t18-,20+/m0/s1. The molecule has 2 saturated carbocycles. The predicted molar refractivity (Wildman–Crippen MR) is 119 cm³/mol. The van der Waals surface area contributed by atoms with Crippen molar-refractivity contribution in [1.82, 2.24) is 4.98 Å². The lowest BCUT2D eigenvalue weighted by Crippen LogP contribution is -2.42. The number of hydrogen-bond acceptors (Lipinski definition) is 5. The Morgan fingerprint density at radius 1 is 1.23 bits per heavy atom. The Bertz CT molecular complexity index is 872. The molecule has 162 valence electrons. The molecule has 2 atom stereocenters. The number of carboxylic acids is 1. The lowest BCUT2D eigenvalue weighted by Gasteiger charge is -2.38. The molecule has 0 saturated heterocycles. The molecule has 5 nitrogen and oxygen atoms in total. The summed E-state index contributed by atoms with van der Waals surface area (Å²) in [5.74, 6) is 2.28. The molecule has 1 aromatic carbocycles. The highest BCUT2D eigenvalue weighted by Crippen LogP contribution is 2.46. The van der Waals surface area contributed by atoms with Crippen LogP contribution in [-0.4, -0.2) is 32.7 Å². The predicted octanol–water partition coefficient (Wildman–Crippen LogP) is 5.77. The van der Waals surface area contributed by atoms with Crippen molar-refractivity contribution in [2.24, 2.45) is 5.92 Å². The number of aryl methyl sites for hydroxylation is 2. The number of ether oxygens (including phenoxy) is 1. The van der Waals surface area contributed by atoms with Crippen molar-refractivity contribution in [3.05, 3.63) is 41.3 Å². The first kappa shape index (κ1) is 21.4. The van der Waals surface area contributed by atoms with Gasteiger partial charge in [0.2, 0.25) is 5.89 Å². The van der Waals surface area contributed by atoms with Crippen LogP contribution in [0.1, 0.15) is 62.0 Å². The number of aromatic nitrogens is 1. The molecule has 4 rings (SSSR count). The van der Waals surface area contributed by atoms with Crippen LogP contribution in [0, 0.1) is 19.8 Å². The van der Waals surface area contributed by atoms with E-state index in [1.54, 1.807) is 11.8 Å². The molecular formula is C24H31NO4S. The number of thioether (sulfide) groups is 1. The third kappa shape index (κ3) is 4.75. The van der Waals surface area contributed by atoms with Crippen LogP contribution in [0.3, 0.4) is 0 Å². The van der Waals surface area contributed by atoms with Crippen LogP contribution in [0.4, 0.5) is 0 Å². The third-order valence-electron chi connectivity index (χ3n) is 6.53. The van der Waals surface area contributed by atoms with E-state index in [1.807, 2.05) is 19.1 Å². The molecule has 2 aliphatic carbocycles. The van der Waals surface area contributed by atoms with Crippen LogP contribution >= 0.6 is 11.8 Å². The zero-order chi connectivity index (χ0) is 21.1. The van der Waals surface area contributed by atoms with E-state index in [1.165, 1.54) is 12.0 Å². The quantitative estimate of drug-likeness (QED) is 0.574. The Balaban J connectivity index is 1.29. The minimum absolute atomic E-state index is 0.213. The summed E-state index contributed by atoms with van der Waals surface area (Å²) in [5.41, 5.74) is 3.05. The highest BCUT2D eigenvalue weighted by atomic mass is 32.2. The van der Waals surface area contributed by atoms with Crippen LogP contribution in [0.15, 0.2) is 28.7 Å². The van der Waals surface area contributed by atoms with Gasteiger partial charge in [-0.1, -0.05) is 24.1 Å². The number of oxazole rings is 1. The van der Waals surface area contributed by atoms with Gasteiger partial charge in [0.25, 0.3) is 0 Å². The van der Waals surface area contributed by atoms with E-state index in [9.17, 15) is 9.90 Å². The lowest BCUT2D eigenvalue weighted by atomic mass is 9.84. The zero-order valence-corrected chi connectivity index (χ0v) is 18.7. The fourth-order valence-electron chi connectivity index (χ4n) is 4.32. The summed E-state index contributed by atoms with van der Waals surface area (Å²) in [6, 6.07) is 8.17. The summed E-state index contributed by atoms with van der Waals surface area (Å²) in [7, 11) is 0. The number of hydrogen-bond donors (Lipinski definition) is 1. The summed E-state index contributed by atoms with van der Waals surface area (Å²) in [5, 5.41) is 9.54. The van der Waals surface area contributed by atoms with Crippen molar-refractivity contribution >= 4 is 17.7 Å². The molecule has 0 amide bonds. The number of benzene rings is 1. The van der Waals surface area contributed by atoms with Gasteiger partial charge in [0.1, 0.15) is 16.2 Å². The summed E-state index contributed by atoms with van der Waals surface area (Å²) in [6.45, 7) is 4.46. The van der Waals surface area contributed by atoms with Crippen LogP contribution in [0.25, 0.3) is 11.5 Å². The maximum absolute atomic E-state index is 11.6. The molecule has 6 heteroatoms. The molecule has 2 aliphatic rings. The normalized spacial score (nSPS) is 23.1. The van der Waals surface area contributed by atoms with Crippen molar-refractivity contribution in [3.8, 4) is 11.5 Å². The fraction of sp³-hybridized carbons (Fsp3) is 0.583. The molecule has 0 bridgehead atoms. The van der Waals surface area contributed by atoms with Crippen molar-refractivity contribution in [3.63, 3.8) is 0 Å². The summed E-state index contributed by atoms with van der Waals surface area (Å²) in [4.78, 5) is 16.3. The Morgan fingerprint density at radius 3 is 2.67 bits per heavy atom. The molecular weight excluding hydrogens is 398 g/mol. The monoisotopic (exact) mass is 429 g/mol. The summed E-state index contributed by atoms with van der Waals surface area (Å²) >= 11 is 1.66. The van der Waals surface area contributed by atoms with Crippen LogP contribution in [0.2, 0.25) is 0 Å². The largest absolute Gasteiger partial charge is 0.480 e. The van der Waals surface area contributed by atoms with E-state index in [0.29, 0.717) is 18.4 Å². The van der Waals surface area contributed by atoms with Gasteiger partial charge in [-0.2, -0.15) is 0 Å². The van der Waals surface area contributed by atoms with Gasteiger partial charge in [-0.3, -0.25) is 4.79 Å². The summed E-state index contributed by atoms with van der Waals surface area (Å²) in [6.07, 6.45) is 7.26. The Morgan fingerprint density at radius 2 is 2.00 bits per heavy atom. The van der Waals surface area contributed by atoms with E-state index >= 15 is 0 Å². The molecule has 1 N–H and O–H groups in total. The van der Waals surface area contributed by atoms with Gasteiger partial charge < -0.3 is 14.3 Å². The Labute approximate surface area is 182 Å². The third-order valence-corrected chi connectivity index (χ3v) is 8.30. The molecule has 0 radical (unpaired) electrons. The van der Waals surface area contributed by atoms with E-state index in [0.717, 1.165) is 61.3 Å². The smallest absolute Gasteiger partial charge is 0.319 e. The lowest BCUT2D eigenvalue weighted by molar-refractivity contribution is -0.142. The molecule has 30 heavy (non-hydrogen) atoms. The maximum Gasteiger partial charge on any atom is 0.319 e. The Hall–Kier alpha value is -1.79. The van der Waals surface area contributed by atoms with Crippen LogP contribution in [0.5, 0.6) is 0 Å². The zero-order valence-electron chi connectivity index (χ0n) is 17.9. The average Bonchev–Trinajstić information content (AvgIpc) is 3.07. The SMILES string of the molecule is Cc1ccc(-c2nc(CO[C@@H]3CCC[C@H](CSC4(C(=O)O)CCC4)C3)c(C)o2)cc1. The highest BCUT2D eigenvalue weighted by molar-refractivity contribution is 8.01. The molecule has 0 aliphatic heterocycles. The molecule has 2 aromatic rings. The number of carbonyl (C=O) groups is 1. The number of rotatable bonds is 8. The minimum Gasteiger partial charge on any atom is -0.480 e. The molecule has 2 fully saturated rings. The second-order valence-electron chi connectivity index (χ2n) is 8.82. The van der Waals surface area contributed by atoms with Gasteiger partial charge in [0.05, 0.1) is 12.7 Å². The first-order chi connectivity index (χ1) is 14.4. The summed E-state index contributed by atoms with van der Waals surface area (Å²) < 4.78 is 11.6. The second-order valence-corrected chi connectivity index (χ2v) is 10.2. The van der Waals surface area contributed by atoms with Gasteiger partial charge in [0.15, 0.2) is 0 Å². The topological polar surface area (TPSA) is 72.6 Å². The van der Waals surface area contributed by atoms with Crippen molar-refractivity contribution in [2.75, 3.05) is 5.75 Å². The van der Waals surface area contributed by atoms with Gasteiger partial charge in [-0.15, -0.1) is 11.8 Å². The van der Waals surface area contributed by atoms with Crippen molar-refractivity contribution in [2.45, 2.75) is 76.3 Å². The molecule has 0 spiro atoms. The second kappa shape index (κ2) is 9.15. The van der Waals surface area contributed by atoms with Gasteiger partial charge in [0, 0.05) is 5.56 Å². The molecule has 1 heterocycles. The fourth-order valence-corrected chi connectivity index (χ4v) is 5.88. The van der Waals surface area contributed by atoms with E-state index in [2.05, 4.69) is 24.0 Å². The highest BCUT2D eigenvalue weighted by Gasteiger charge is 2.45. The van der Waals surface area contributed by atoms with Gasteiger partial charge >= 0.3 is 5.97 Å². The first-order valence-corrected chi connectivity index (χ1v) is 12.0. The molecule has 1 aromatic heterocycles. The number of carboxylic acid groups (broad SMARTS) is 1. The van der Waals surface area contributed by atoms with E-state index in [-0.39, 0.29) is 6.10 Å². The average molecular weight is 430 g/mol.